The minimum absolute atomic E-state index is 0.0822. The minimum Gasteiger partial charge on any atom is -0.322 e. The van der Waals surface area contributed by atoms with Crippen molar-refractivity contribution in [3.8, 4) is 0 Å². The smallest absolute Gasteiger partial charge is 0.252 e. The first kappa shape index (κ1) is 23.6. The van der Waals surface area contributed by atoms with E-state index in [1.807, 2.05) is 59.4 Å². The molecule has 8 nitrogen and oxygen atoms in total. The maximum absolute atomic E-state index is 13.1. The third-order valence-electron chi connectivity index (χ3n) is 6.42. The van der Waals surface area contributed by atoms with Gasteiger partial charge >= 0.3 is 0 Å². The summed E-state index contributed by atoms with van der Waals surface area (Å²) in [6.45, 7) is 5.81. The van der Waals surface area contributed by atoms with Crippen molar-refractivity contribution in [1.82, 2.24) is 35.1 Å². The van der Waals surface area contributed by atoms with Crippen LogP contribution in [-0.4, -0.2) is 35.1 Å². The van der Waals surface area contributed by atoms with Crippen LogP contribution < -0.4 is 5.56 Å². The summed E-state index contributed by atoms with van der Waals surface area (Å²) in [6.07, 6.45) is 4.41. The topological polar surface area (TPSA) is 92.6 Å². The fourth-order valence-corrected chi connectivity index (χ4v) is 4.63. The van der Waals surface area contributed by atoms with Crippen molar-refractivity contribution in [3.05, 3.63) is 118 Å². The van der Waals surface area contributed by atoms with Crippen LogP contribution in [-0.2, 0) is 19.6 Å². The molecule has 182 valence electrons. The average molecular weight is 480 g/mol. The average Bonchev–Trinajstić information content (AvgIpc) is 3.34. The van der Waals surface area contributed by atoms with Crippen LogP contribution in [0.15, 0.2) is 83.9 Å². The van der Waals surface area contributed by atoms with Gasteiger partial charge in [0.2, 0.25) is 0 Å². The third kappa shape index (κ3) is 5.23. The van der Waals surface area contributed by atoms with E-state index in [1.165, 1.54) is 0 Å². The molecule has 0 spiro atoms. The van der Waals surface area contributed by atoms with Gasteiger partial charge in [0.05, 0.1) is 12.6 Å². The zero-order valence-electron chi connectivity index (χ0n) is 20.5. The van der Waals surface area contributed by atoms with Crippen molar-refractivity contribution in [2.45, 2.75) is 45.9 Å². The first-order chi connectivity index (χ1) is 17.6. The Morgan fingerprint density at radius 1 is 1.00 bits per heavy atom. The Hall–Kier alpha value is -4.17. The van der Waals surface area contributed by atoms with Crippen molar-refractivity contribution in [2.75, 3.05) is 0 Å². The van der Waals surface area contributed by atoms with Crippen LogP contribution in [0.1, 0.15) is 47.5 Å². The summed E-state index contributed by atoms with van der Waals surface area (Å²) in [5.41, 5.74) is 4.80. The lowest BCUT2D eigenvalue weighted by Crippen LogP contribution is -2.32. The Kier molecular flexibility index (Phi) is 6.95. The molecule has 5 rings (SSSR count). The molecule has 0 aliphatic heterocycles. The summed E-state index contributed by atoms with van der Waals surface area (Å²) in [5, 5.41) is 13.8. The number of nitrogens with zero attached hydrogens (tertiary/aromatic N) is 6. The van der Waals surface area contributed by atoms with Crippen LogP contribution in [0.5, 0.6) is 0 Å². The molecule has 0 radical (unpaired) electrons. The Bertz CT molecular complexity index is 1500. The third-order valence-corrected chi connectivity index (χ3v) is 6.42. The van der Waals surface area contributed by atoms with Gasteiger partial charge in [-0.1, -0.05) is 55.0 Å². The van der Waals surface area contributed by atoms with Crippen LogP contribution in [0, 0.1) is 6.92 Å². The summed E-state index contributed by atoms with van der Waals surface area (Å²) < 4.78 is 1.85. The lowest BCUT2D eigenvalue weighted by Gasteiger charge is -2.30. The Balaban J connectivity index is 1.52. The molecule has 0 saturated heterocycles. The van der Waals surface area contributed by atoms with Gasteiger partial charge in [0, 0.05) is 36.6 Å². The lowest BCUT2D eigenvalue weighted by atomic mass is 10.1. The predicted molar refractivity (Wildman–Crippen MR) is 139 cm³/mol. The lowest BCUT2D eigenvalue weighted by molar-refractivity contribution is 0.161. The van der Waals surface area contributed by atoms with Gasteiger partial charge in [-0.3, -0.25) is 14.7 Å². The van der Waals surface area contributed by atoms with E-state index in [1.54, 1.807) is 6.20 Å². The number of benzene rings is 2. The highest BCUT2D eigenvalue weighted by Crippen LogP contribution is 2.27. The number of nitrogens with one attached hydrogen (secondary N) is 1. The van der Waals surface area contributed by atoms with Gasteiger partial charge in [0.25, 0.3) is 5.56 Å². The summed E-state index contributed by atoms with van der Waals surface area (Å²) in [6, 6.07) is 22.1. The number of H-pyrrole nitrogens is 1. The number of pyridine rings is 2. The van der Waals surface area contributed by atoms with Gasteiger partial charge in [-0.15, -0.1) is 5.10 Å². The van der Waals surface area contributed by atoms with Gasteiger partial charge in [-0.05, 0) is 64.5 Å². The van der Waals surface area contributed by atoms with Crippen molar-refractivity contribution >= 4 is 10.9 Å². The Labute approximate surface area is 209 Å². The van der Waals surface area contributed by atoms with E-state index in [0.717, 1.165) is 39.8 Å². The fraction of sp³-hybridized carbons (Fsp3) is 0.250. The van der Waals surface area contributed by atoms with Crippen molar-refractivity contribution in [1.29, 1.82) is 0 Å². The molecule has 3 aromatic heterocycles. The Morgan fingerprint density at radius 2 is 1.83 bits per heavy atom. The first-order valence-corrected chi connectivity index (χ1v) is 12.2. The molecule has 36 heavy (non-hydrogen) atoms. The summed E-state index contributed by atoms with van der Waals surface area (Å²) in [4.78, 5) is 22.7. The normalized spacial score (nSPS) is 12.3. The first-order valence-electron chi connectivity index (χ1n) is 12.2. The van der Waals surface area contributed by atoms with Gasteiger partial charge in [-0.25, -0.2) is 4.68 Å². The van der Waals surface area contributed by atoms with Crippen LogP contribution in [0.4, 0.5) is 0 Å². The highest BCUT2D eigenvalue weighted by Gasteiger charge is 2.26. The molecule has 1 atom stereocenters. The quantitative estimate of drug-likeness (QED) is 0.336. The monoisotopic (exact) mass is 479 g/mol. The molecule has 5 aromatic rings. The number of rotatable bonds is 9. The molecule has 0 aliphatic rings. The van der Waals surface area contributed by atoms with Gasteiger partial charge in [0.15, 0.2) is 5.82 Å². The molecule has 0 amide bonds. The van der Waals surface area contributed by atoms with Crippen molar-refractivity contribution in [2.24, 2.45) is 0 Å². The number of hydrogen-bond donors (Lipinski definition) is 1. The number of fused-ring (bicyclic) bond motifs is 1. The van der Waals surface area contributed by atoms with E-state index < -0.39 is 0 Å². The zero-order chi connectivity index (χ0) is 24.9. The molecule has 8 heteroatoms. The summed E-state index contributed by atoms with van der Waals surface area (Å²) in [5.74, 6) is 0.776. The van der Waals surface area contributed by atoms with E-state index in [0.29, 0.717) is 25.2 Å². The molecular weight excluding hydrogens is 450 g/mol. The van der Waals surface area contributed by atoms with E-state index in [4.69, 9.17) is 0 Å². The number of hydrogen-bond acceptors (Lipinski definition) is 6. The predicted octanol–water partition coefficient (Wildman–Crippen LogP) is 4.42. The number of tetrazole rings is 1. The SMILES string of the molecule is CCC(c1nnnn1Cc1ccccc1)N(Cc1cccnc1)Cc1cc2cc(C)ccc2[nH]c1=O. The molecule has 1 N–H and O–H groups in total. The second kappa shape index (κ2) is 10.6. The van der Waals surface area contributed by atoms with Crippen LogP contribution >= 0.6 is 0 Å². The zero-order valence-corrected chi connectivity index (χ0v) is 20.5. The fourth-order valence-electron chi connectivity index (χ4n) is 4.63. The number of aromatic nitrogens is 6. The molecule has 0 bridgehead atoms. The van der Waals surface area contributed by atoms with Crippen molar-refractivity contribution < 1.29 is 0 Å². The molecule has 0 aliphatic carbocycles. The maximum atomic E-state index is 13.1. The second-order valence-electron chi connectivity index (χ2n) is 9.09. The van der Waals surface area contributed by atoms with E-state index in [-0.39, 0.29) is 11.6 Å². The molecule has 0 saturated carbocycles. The van der Waals surface area contributed by atoms with E-state index in [2.05, 4.69) is 62.4 Å². The molecule has 3 heterocycles. The van der Waals surface area contributed by atoms with E-state index in [9.17, 15) is 4.79 Å². The standard InChI is InChI=1S/C28H29N7O/c1-3-26(27-31-32-33-35(27)18-21-8-5-4-6-9-21)34(17-22-10-7-13-29-16-22)19-24-15-23-14-20(2)11-12-25(23)30-28(24)36/h4-16,26H,3,17-19H2,1-2H3,(H,30,36). The van der Waals surface area contributed by atoms with Crippen molar-refractivity contribution in [3.63, 3.8) is 0 Å². The summed E-state index contributed by atoms with van der Waals surface area (Å²) >= 11 is 0. The molecule has 0 fully saturated rings. The van der Waals surface area contributed by atoms with Gasteiger partial charge in [-0.2, -0.15) is 0 Å². The molecule has 2 aromatic carbocycles. The van der Waals surface area contributed by atoms with Crippen LogP contribution in [0.2, 0.25) is 0 Å². The van der Waals surface area contributed by atoms with E-state index >= 15 is 0 Å². The highest BCUT2D eigenvalue weighted by molar-refractivity contribution is 5.79. The largest absolute Gasteiger partial charge is 0.322 e. The number of aromatic amines is 1. The van der Waals surface area contributed by atoms with Crippen LogP contribution in [0.25, 0.3) is 10.9 Å². The molecule has 1 unspecified atom stereocenters. The minimum atomic E-state index is -0.100. The second-order valence-corrected chi connectivity index (χ2v) is 9.09. The maximum Gasteiger partial charge on any atom is 0.252 e. The highest BCUT2D eigenvalue weighted by atomic mass is 16.1. The van der Waals surface area contributed by atoms with Gasteiger partial charge in [0.1, 0.15) is 0 Å². The summed E-state index contributed by atoms with van der Waals surface area (Å²) in [7, 11) is 0. The van der Waals surface area contributed by atoms with Gasteiger partial charge < -0.3 is 4.98 Å². The molecular formula is C28H29N7O. The number of aryl methyl sites for hydroxylation is 1. The Morgan fingerprint density at radius 3 is 2.61 bits per heavy atom. The van der Waals surface area contributed by atoms with Crippen LogP contribution in [0.3, 0.4) is 0 Å².